The zero-order valence-corrected chi connectivity index (χ0v) is 11.4. The Bertz CT molecular complexity index is 251. The molecule has 1 aliphatic rings. The Hall–Kier alpha value is -0.810. The van der Waals surface area contributed by atoms with E-state index >= 15 is 0 Å². The van der Waals surface area contributed by atoms with Crippen LogP contribution >= 0.6 is 0 Å². The molecule has 1 atom stereocenters. The number of likely N-dealkylation sites (N-methyl/N-ethyl adjacent to an activating group) is 1. The number of nitrogens with one attached hydrogen (secondary N) is 2. The number of hydrogen-bond donors (Lipinski definition) is 2. The van der Waals surface area contributed by atoms with Crippen molar-refractivity contribution in [1.29, 1.82) is 0 Å². The van der Waals surface area contributed by atoms with Crippen LogP contribution in [0.3, 0.4) is 0 Å². The third-order valence-corrected chi connectivity index (χ3v) is 2.65. The predicted molar refractivity (Wildman–Crippen MR) is 68.1 cm³/mol. The van der Waals surface area contributed by atoms with E-state index in [-0.39, 0.29) is 17.7 Å². The van der Waals surface area contributed by atoms with Crippen molar-refractivity contribution in [2.45, 2.75) is 39.3 Å². The molecule has 1 fully saturated rings. The van der Waals surface area contributed by atoms with Gasteiger partial charge < -0.3 is 15.4 Å². The zero-order valence-electron chi connectivity index (χ0n) is 11.4. The van der Waals surface area contributed by atoms with Crippen molar-refractivity contribution in [3.05, 3.63) is 0 Å². The smallest absolute Gasteiger partial charge is 0.315 e. The van der Waals surface area contributed by atoms with E-state index in [0.717, 1.165) is 26.2 Å². The number of urea groups is 1. The van der Waals surface area contributed by atoms with Gasteiger partial charge in [-0.15, -0.1) is 0 Å². The Kier molecular flexibility index (Phi) is 5.21. The van der Waals surface area contributed by atoms with Crippen molar-refractivity contribution >= 4 is 6.03 Å². The van der Waals surface area contributed by atoms with Crippen LogP contribution in [0.25, 0.3) is 0 Å². The topological polar surface area (TPSA) is 53.6 Å². The number of nitrogens with zero attached hydrogens (tertiary/aromatic N) is 1. The molecule has 1 unspecified atom stereocenters. The van der Waals surface area contributed by atoms with Crippen molar-refractivity contribution in [3.63, 3.8) is 0 Å². The van der Waals surface area contributed by atoms with Crippen LogP contribution in [0.4, 0.5) is 4.79 Å². The monoisotopic (exact) mass is 243 g/mol. The van der Waals surface area contributed by atoms with E-state index in [4.69, 9.17) is 4.74 Å². The van der Waals surface area contributed by atoms with E-state index in [0.29, 0.717) is 6.54 Å². The average Bonchev–Trinajstić information content (AvgIpc) is 2.24. The van der Waals surface area contributed by atoms with Gasteiger partial charge in [-0.1, -0.05) is 6.92 Å². The molecule has 1 heterocycles. The summed E-state index contributed by atoms with van der Waals surface area (Å²) >= 11 is 0. The second-order valence-corrected chi connectivity index (χ2v) is 5.47. The summed E-state index contributed by atoms with van der Waals surface area (Å²) in [7, 11) is 0. The average molecular weight is 243 g/mol. The van der Waals surface area contributed by atoms with Crippen LogP contribution in [0.15, 0.2) is 0 Å². The summed E-state index contributed by atoms with van der Waals surface area (Å²) in [6.45, 7) is 12.3. The predicted octanol–water partition coefficient (Wildman–Crippen LogP) is 0.805. The number of hydrogen-bond acceptors (Lipinski definition) is 3. The molecular weight excluding hydrogens is 218 g/mol. The lowest BCUT2D eigenvalue weighted by Crippen LogP contribution is -2.51. The van der Waals surface area contributed by atoms with Crippen LogP contribution in [-0.2, 0) is 4.74 Å². The fraction of sp³-hybridized carbons (Fsp3) is 0.917. The number of morpholine rings is 1. The highest BCUT2D eigenvalue weighted by Crippen LogP contribution is 2.04. The molecule has 0 aromatic carbocycles. The maximum absolute atomic E-state index is 11.6. The summed E-state index contributed by atoms with van der Waals surface area (Å²) in [6, 6.07) is -0.130. The minimum absolute atomic E-state index is 0.106. The van der Waals surface area contributed by atoms with Gasteiger partial charge in [0.15, 0.2) is 0 Å². The molecule has 1 aliphatic heterocycles. The van der Waals surface area contributed by atoms with Crippen LogP contribution in [-0.4, -0.2) is 55.4 Å². The standard InChI is InChI=1S/C12H25N3O2/c1-5-15-6-7-17-10(9-15)8-13-11(16)14-12(2,3)4/h10H,5-9H2,1-4H3,(H2,13,14,16). The molecule has 0 saturated carbocycles. The normalized spacial score (nSPS) is 22.2. The molecular formula is C12H25N3O2. The van der Waals surface area contributed by atoms with Gasteiger partial charge in [0.1, 0.15) is 0 Å². The summed E-state index contributed by atoms with van der Waals surface area (Å²) in [5.74, 6) is 0. The molecule has 5 nitrogen and oxygen atoms in total. The zero-order chi connectivity index (χ0) is 12.9. The highest BCUT2D eigenvalue weighted by atomic mass is 16.5. The summed E-state index contributed by atoms with van der Waals surface area (Å²) in [5, 5.41) is 5.72. The molecule has 5 heteroatoms. The van der Waals surface area contributed by atoms with Crippen molar-refractivity contribution in [2.24, 2.45) is 0 Å². The fourth-order valence-corrected chi connectivity index (χ4v) is 1.78. The van der Waals surface area contributed by atoms with Crippen molar-refractivity contribution in [1.82, 2.24) is 15.5 Å². The van der Waals surface area contributed by atoms with Gasteiger partial charge in [0.05, 0.1) is 12.7 Å². The third-order valence-electron chi connectivity index (χ3n) is 2.65. The van der Waals surface area contributed by atoms with E-state index < -0.39 is 0 Å². The number of ether oxygens (including phenoxy) is 1. The Morgan fingerprint density at radius 2 is 2.18 bits per heavy atom. The van der Waals surface area contributed by atoms with Gasteiger partial charge >= 0.3 is 6.03 Å². The van der Waals surface area contributed by atoms with Gasteiger partial charge in [-0.25, -0.2) is 4.79 Å². The van der Waals surface area contributed by atoms with Gasteiger partial charge in [0.25, 0.3) is 0 Å². The minimum atomic E-state index is -0.201. The Morgan fingerprint density at radius 3 is 2.76 bits per heavy atom. The molecule has 2 amide bonds. The number of amides is 2. The fourth-order valence-electron chi connectivity index (χ4n) is 1.78. The number of carbonyl (C=O) groups is 1. The van der Waals surface area contributed by atoms with Crippen molar-refractivity contribution < 1.29 is 9.53 Å². The van der Waals surface area contributed by atoms with Gasteiger partial charge in [0, 0.05) is 25.2 Å². The maximum Gasteiger partial charge on any atom is 0.315 e. The Labute approximate surface area is 104 Å². The van der Waals surface area contributed by atoms with Gasteiger partial charge in [-0.2, -0.15) is 0 Å². The molecule has 0 aromatic rings. The molecule has 0 radical (unpaired) electrons. The van der Waals surface area contributed by atoms with Crippen LogP contribution in [0.1, 0.15) is 27.7 Å². The quantitative estimate of drug-likeness (QED) is 0.771. The first-order chi connectivity index (χ1) is 7.90. The highest BCUT2D eigenvalue weighted by molar-refractivity contribution is 5.74. The second kappa shape index (κ2) is 6.21. The van der Waals surface area contributed by atoms with Crippen LogP contribution in [0.5, 0.6) is 0 Å². The van der Waals surface area contributed by atoms with Crippen molar-refractivity contribution in [2.75, 3.05) is 32.8 Å². The SMILES string of the molecule is CCN1CCOC(CNC(=O)NC(C)(C)C)C1. The first-order valence-electron chi connectivity index (χ1n) is 6.30. The van der Waals surface area contributed by atoms with Crippen LogP contribution in [0.2, 0.25) is 0 Å². The summed E-state index contributed by atoms with van der Waals surface area (Å²) in [4.78, 5) is 13.9. The van der Waals surface area contributed by atoms with Crippen LogP contribution in [0, 0.1) is 0 Å². The number of rotatable bonds is 3. The molecule has 17 heavy (non-hydrogen) atoms. The summed E-state index contributed by atoms with van der Waals surface area (Å²) in [6.07, 6.45) is 0.106. The Balaban J connectivity index is 2.23. The van der Waals surface area contributed by atoms with E-state index in [9.17, 15) is 4.79 Å². The molecule has 1 rings (SSSR count). The van der Waals surface area contributed by atoms with Gasteiger partial charge in [-0.05, 0) is 27.3 Å². The van der Waals surface area contributed by atoms with E-state index in [1.807, 2.05) is 20.8 Å². The first kappa shape index (κ1) is 14.3. The lowest BCUT2D eigenvalue weighted by Gasteiger charge is -2.32. The minimum Gasteiger partial charge on any atom is -0.374 e. The first-order valence-corrected chi connectivity index (χ1v) is 6.30. The molecule has 0 bridgehead atoms. The van der Waals surface area contributed by atoms with Gasteiger partial charge in [0.2, 0.25) is 0 Å². The third kappa shape index (κ3) is 5.89. The summed E-state index contributed by atoms with van der Waals surface area (Å²) < 4.78 is 5.61. The van der Waals surface area contributed by atoms with Crippen molar-refractivity contribution in [3.8, 4) is 0 Å². The lowest BCUT2D eigenvalue weighted by atomic mass is 10.1. The highest BCUT2D eigenvalue weighted by Gasteiger charge is 2.20. The largest absolute Gasteiger partial charge is 0.374 e. The molecule has 0 aliphatic carbocycles. The molecule has 0 aromatic heterocycles. The van der Waals surface area contributed by atoms with E-state index in [2.05, 4.69) is 22.5 Å². The second-order valence-electron chi connectivity index (χ2n) is 5.47. The molecule has 2 N–H and O–H groups in total. The summed E-state index contributed by atoms with van der Waals surface area (Å²) in [5.41, 5.74) is -0.201. The van der Waals surface area contributed by atoms with E-state index in [1.54, 1.807) is 0 Å². The number of carbonyl (C=O) groups excluding carboxylic acids is 1. The van der Waals surface area contributed by atoms with E-state index in [1.165, 1.54) is 0 Å². The van der Waals surface area contributed by atoms with Crippen LogP contribution < -0.4 is 10.6 Å². The van der Waals surface area contributed by atoms with Gasteiger partial charge in [-0.3, -0.25) is 4.90 Å². The molecule has 0 spiro atoms. The lowest BCUT2D eigenvalue weighted by molar-refractivity contribution is -0.0240. The molecule has 100 valence electrons. The Morgan fingerprint density at radius 1 is 1.47 bits per heavy atom. The maximum atomic E-state index is 11.6. The molecule has 1 saturated heterocycles.